The number of amides is 1. The van der Waals surface area contributed by atoms with Crippen LogP contribution in [0.3, 0.4) is 0 Å². The Hall–Kier alpha value is -2.70. The van der Waals surface area contributed by atoms with Crippen LogP contribution in [0.4, 0.5) is 0 Å². The van der Waals surface area contributed by atoms with Gasteiger partial charge in [-0.25, -0.2) is 0 Å². The minimum absolute atomic E-state index is 0.0379. The van der Waals surface area contributed by atoms with Crippen LogP contribution in [-0.4, -0.2) is 55.5 Å². The van der Waals surface area contributed by atoms with Gasteiger partial charge in [0.05, 0.1) is 19.3 Å². The van der Waals surface area contributed by atoms with Crippen molar-refractivity contribution in [3.63, 3.8) is 0 Å². The lowest BCUT2D eigenvalue weighted by atomic mass is 10.0. The van der Waals surface area contributed by atoms with Gasteiger partial charge < -0.3 is 14.8 Å². The Balaban J connectivity index is 1.64. The maximum absolute atomic E-state index is 12.7. The molecule has 6 nitrogen and oxygen atoms in total. The molecule has 1 amide bonds. The fourth-order valence-corrected chi connectivity index (χ4v) is 3.61. The van der Waals surface area contributed by atoms with E-state index in [0.29, 0.717) is 31.1 Å². The fraction of sp³-hybridized carbons (Fsp3) is 0.417. The Kier molecular flexibility index (Phi) is 7.60. The van der Waals surface area contributed by atoms with Gasteiger partial charge in [-0.3, -0.25) is 14.5 Å². The maximum Gasteiger partial charge on any atom is 0.260 e. The zero-order valence-corrected chi connectivity index (χ0v) is 17.9. The summed E-state index contributed by atoms with van der Waals surface area (Å²) in [6.45, 7) is 8.84. The summed E-state index contributed by atoms with van der Waals surface area (Å²) in [6, 6.07) is 15.4. The molecule has 3 rings (SSSR count). The third-order valence-electron chi connectivity index (χ3n) is 5.31. The zero-order chi connectivity index (χ0) is 21.5. The molecule has 1 aliphatic heterocycles. The number of Topliss-reactive ketones (excluding diaryl/α,β-unsaturated/α-hetero) is 1. The molecular formula is C24H30N2O4. The van der Waals surface area contributed by atoms with Gasteiger partial charge in [-0.2, -0.15) is 0 Å². The molecule has 1 N–H and O–H groups in total. The largest absolute Gasteiger partial charge is 0.481 e. The smallest absolute Gasteiger partial charge is 0.260 e. The van der Waals surface area contributed by atoms with Gasteiger partial charge in [-0.1, -0.05) is 42.0 Å². The normalized spacial score (nSPS) is 16.5. The van der Waals surface area contributed by atoms with E-state index in [1.54, 1.807) is 31.2 Å². The van der Waals surface area contributed by atoms with E-state index >= 15 is 0 Å². The van der Waals surface area contributed by atoms with E-state index < -0.39 is 6.10 Å². The van der Waals surface area contributed by atoms with Crippen molar-refractivity contribution in [1.29, 1.82) is 0 Å². The van der Waals surface area contributed by atoms with Crippen LogP contribution < -0.4 is 10.1 Å². The number of rotatable bonds is 8. The second-order valence-electron chi connectivity index (χ2n) is 7.67. The number of ether oxygens (including phenoxy) is 2. The molecule has 1 saturated heterocycles. The van der Waals surface area contributed by atoms with E-state index in [-0.39, 0.29) is 17.7 Å². The van der Waals surface area contributed by atoms with Crippen LogP contribution in [-0.2, 0) is 9.53 Å². The van der Waals surface area contributed by atoms with Gasteiger partial charge in [0.2, 0.25) is 0 Å². The van der Waals surface area contributed by atoms with Crippen LogP contribution in [0.25, 0.3) is 0 Å². The van der Waals surface area contributed by atoms with Crippen LogP contribution in [0.1, 0.15) is 41.4 Å². The Morgan fingerprint density at radius 1 is 1.13 bits per heavy atom. The Bertz CT molecular complexity index is 877. The number of hydrogen-bond donors (Lipinski definition) is 1. The van der Waals surface area contributed by atoms with E-state index in [0.717, 1.165) is 13.1 Å². The highest BCUT2D eigenvalue weighted by molar-refractivity contribution is 5.94. The average molecular weight is 411 g/mol. The number of hydrogen-bond acceptors (Lipinski definition) is 5. The van der Waals surface area contributed by atoms with Crippen LogP contribution >= 0.6 is 0 Å². The number of nitrogens with zero attached hydrogens (tertiary/aromatic N) is 1. The van der Waals surface area contributed by atoms with Crippen LogP contribution in [0, 0.1) is 6.92 Å². The predicted octanol–water partition coefficient (Wildman–Crippen LogP) is 3.15. The summed E-state index contributed by atoms with van der Waals surface area (Å²) in [4.78, 5) is 26.6. The van der Waals surface area contributed by atoms with Crippen LogP contribution in [0.15, 0.2) is 48.5 Å². The van der Waals surface area contributed by atoms with Crippen LogP contribution in [0.5, 0.6) is 5.75 Å². The number of carbonyl (C=O) groups excluding carboxylic acids is 2. The first-order valence-electron chi connectivity index (χ1n) is 10.4. The highest BCUT2D eigenvalue weighted by atomic mass is 16.5. The summed E-state index contributed by atoms with van der Waals surface area (Å²) < 4.78 is 11.3. The van der Waals surface area contributed by atoms with Crippen molar-refractivity contribution >= 4 is 11.7 Å². The third-order valence-corrected chi connectivity index (χ3v) is 5.31. The molecular weight excluding hydrogens is 380 g/mol. The van der Waals surface area contributed by atoms with E-state index in [1.807, 2.05) is 6.07 Å². The molecule has 30 heavy (non-hydrogen) atoms. The standard InChI is InChI=1S/C24H30N2O4/c1-17-6-4-8-21(14-17)23(26-10-12-29-13-11-26)16-25-24(28)19(3)30-22-9-5-7-20(15-22)18(2)27/h4-9,14-15,19,23H,10-13,16H2,1-3H3,(H,25,28). The molecule has 1 heterocycles. The summed E-state index contributed by atoms with van der Waals surface area (Å²) in [5, 5.41) is 3.04. The van der Waals surface area contributed by atoms with Gasteiger partial charge in [0.25, 0.3) is 5.91 Å². The minimum atomic E-state index is -0.671. The Morgan fingerprint density at radius 2 is 1.87 bits per heavy atom. The van der Waals surface area contributed by atoms with Crippen molar-refractivity contribution in [2.45, 2.75) is 32.9 Å². The van der Waals surface area contributed by atoms with Gasteiger partial charge in [0.1, 0.15) is 5.75 Å². The third kappa shape index (κ3) is 5.90. The van der Waals surface area contributed by atoms with Gasteiger partial charge in [-0.15, -0.1) is 0 Å². The molecule has 2 atom stereocenters. The average Bonchev–Trinajstić information content (AvgIpc) is 2.74. The molecule has 2 unspecified atom stereocenters. The number of ketones is 1. The van der Waals surface area contributed by atoms with Gasteiger partial charge >= 0.3 is 0 Å². The molecule has 0 aromatic heterocycles. The number of aryl methyl sites for hydroxylation is 1. The number of carbonyl (C=O) groups is 2. The van der Waals surface area contributed by atoms with Gasteiger partial charge in [0, 0.05) is 25.2 Å². The molecule has 0 spiro atoms. The number of morpholine rings is 1. The summed E-state index contributed by atoms with van der Waals surface area (Å²) in [6.07, 6.45) is -0.671. The van der Waals surface area contributed by atoms with E-state index in [4.69, 9.17) is 9.47 Å². The Labute approximate surface area is 178 Å². The lowest BCUT2D eigenvalue weighted by Gasteiger charge is -2.35. The maximum atomic E-state index is 12.7. The quantitative estimate of drug-likeness (QED) is 0.677. The summed E-state index contributed by atoms with van der Waals surface area (Å²) in [7, 11) is 0. The van der Waals surface area contributed by atoms with Crippen molar-refractivity contribution in [1.82, 2.24) is 10.2 Å². The molecule has 6 heteroatoms. The molecule has 0 radical (unpaired) electrons. The molecule has 1 fully saturated rings. The van der Waals surface area contributed by atoms with Crippen molar-refractivity contribution in [2.24, 2.45) is 0 Å². The monoisotopic (exact) mass is 410 g/mol. The zero-order valence-electron chi connectivity index (χ0n) is 17.9. The molecule has 2 aromatic rings. The van der Waals surface area contributed by atoms with Crippen molar-refractivity contribution in [2.75, 3.05) is 32.8 Å². The van der Waals surface area contributed by atoms with Crippen molar-refractivity contribution in [3.05, 3.63) is 65.2 Å². The first-order valence-corrected chi connectivity index (χ1v) is 10.4. The number of benzene rings is 2. The Morgan fingerprint density at radius 3 is 2.57 bits per heavy atom. The lowest BCUT2D eigenvalue weighted by molar-refractivity contribution is -0.127. The minimum Gasteiger partial charge on any atom is -0.481 e. The summed E-state index contributed by atoms with van der Waals surface area (Å²) in [5.74, 6) is 0.284. The first kappa shape index (κ1) is 22.0. The molecule has 1 aliphatic rings. The second-order valence-corrected chi connectivity index (χ2v) is 7.67. The van der Waals surface area contributed by atoms with E-state index in [9.17, 15) is 9.59 Å². The SMILES string of the molecule is CC(=O)c1cccc(OC(C)C(=O)NCC(c2cccc(C)c2)N2CCOCC2)c1. The summed E-state index contributed by atoms with van der Waals surface area (Å²) in [5.41, 5.74) is 2.94. The lowest BCUT2D eigenvalue weighted by Crippen LogP contribution is -2.45. The number of nitrogens with one attached hydrogen (secondary N) is 1. The molecule has 2 aromatic carbocycles. The first-order chi connectivity index (χ1) is 14.4. The van der Waals surface area contributed by atoms with Gasteiger partial charge in [-0.05, 0) is 38.5 Å². The summed E-state index contributed by atoms with van der Waals surface area (Å²) >= 11 is 0. The van der Waals surface area contributed by atoms with E-state index in [2.05, 4.69) is 35.3 Å². The van der Waals surface area contributed by atoms with Crippen molar-refractivity contribution in [3.8, 4) is 5.75 Å². The molecule has 160 valence electrons. The molecule has 0 saturated carbocycles. The predicted molar refractivity (Wildman–Crippen MR) is 116 cm³/mol. The topological polar surface area (TPSA) is 67.9 Å². The fourth-order valence-electron chi connectivity index (χ4n) is 3.61. The highest BCUT2D eigenvalue weighted by Crippen LogP contribution is 2.22. The second kappa shape index (κ2) is 10.4. The molecule has 0 bridgehead atoms. The molecule has 0 aliphatic carbocycles. The van der Waals surface area contributed by atoms with Crippen LogP contribution in [0.2, 0.25) is 0 Å². The van der Waals surface area contributed by atoms with Crippen molar-refractivity contribution < 1.29 is 19.1 Å². The van der Waals surface area contributed by atoms with E-state index in [1.165, 1.54) is 18.1 Å². The van der Waals surface area contributed by atoms with Gasteiger partial charge in [0.15, 0.2) is 11.9 Å². The highest BCUT2D eigenvalue weighted by Gasteiger charge is 2.24.